The van der Waals surface area contributed by atoms with E-state index in [9.17, 15) is 14.9 Å². The van der Waals surface area contributed by atoms with E-state index < -0.39 is 10.9 Å². The highest BCUT2D eigenvalue weighted by Gasteiger charge is 2.15. The first-order valence-electron chi connectivity index (χ1n) is 6.11. The van der Waals surface area contributed by atoms with Crippen molar-refractivity contribution in [1.82, 2.24) is 4.98 Å². The van der Waals surface area contributed by atoms with E-state index in [1.165, 1.54) is 19.4 Å². The summed E-state index contributed by atoms with van der Waals surface area (Å²) in [5, 5.41) is 15.2. The Morgan fingerprint density at radius 2 is 2.23 bits per heavy atom. The van der Waals surface area contributed by atoms with E-state index in [4.69, 9.17) is 0 Å². The Morgan fingerprint density at radius 1 is 1.50 bits per heavy atom. The SMILES string of the molecule is COC(=O)c1sc(N/N=C\c2ccccc2[N+](=O)[O-])nc1C. The van der Waals surface area contributed by atoms with Crippen molar-refractivity contribution in [3.8, 4) is 0 Å². The van der Waals surface area contributed by atoms with Gasteiger partial charge in [-0.3, -0.25) is 15.5 Å². The lowest BCUT2D eigenvalue weighted by Gasteiger charge is -1.96. The molecule has 114 valence electrons. The van der Waals surface area contributed by atoms with Crippen LogP contribution in [-0.2, 0) is 4.74 Å². The zero-order valence-electron chi connectivity index (χ0n) is 11.8. The lowest BCUT2D eigenvalue weighted by atomic mass is 10.2. The van der Waals surface area contributed by atoms with Crippen molar-refractivity contribution >= 4 is 34.3 Å². The number of ether oxygens (including phenoxy) is 1. The predicted molar refractivity (Wildman–Crippen MR) is 82.5 cm³/mol. The van der Waals surface area contributed by atoms with E-state index in [2.05, 4.69) is 20.2 Å². The molecule has 0 aliphatic heterocycles. The maximum Gasteiger partial charge on any atom is 0.350 e. The van der Waals surface area contributed by atoms with E-state index in [0.29, 0.717) is 21.3 Å². The Kier molecular flexibility index (Phi) is 4.79. The highest BCUT2D eigenvalue weighted by molar-refractivity contribution is 7.17. The monoisotopic (exact) mass is 320 g/mol. The quantitative estimate of drug-likeness (QED) is 0.393. The highest BCUT2D eigenvalue weighted by Crippen LogP contribution is 2.23. The van der Waals surface area contributed by atoms with Crippen LogP contribution in [0.15, 0.2) is 29.4 Å². The van der Waals surface area contributed by atoms with Crippen molar-refractivity contribution in [3.63, 3.8) is 0 Å². The van der Waals surface area contributed by atoms with Crippen LogP contribution < -0.4 is 5.43 Å². The van der Waals surface area contributed by atoms with E-state index in [1.54, 1.807) is 25.1 Å². The number of benzene rings is 1. The first-order chi connectivity index (χ1) is 10.5. The van der Waals surface area contributed by atoms with Crippen molar-refractivity contribution in [2.24, 2.45) is 5.10 Å². The zero-order valence-corrected chi connectivity index (χ0v) is 12.6. The number of nitrogens with zero attached hydrogens (tertiary/aromatic N) is 3. The maximum absolute atomic E-state index is 11.5. The maximum atomic E-state index is 11.5. The molecule has 0 unspecified atom stereocenters. The summed E-state index contributed by atoms with van der Waals surface area (Å²) in [5.74, 6) is -0.467. The Morgan fingerprint density at radius 3 is 2.91 bits per heavy atom. The molecule has 0 radical (unpaired) electrons. The van der Waals surface area contributed by atoms with Crippen LogP contribution in [0.25, 0.3) is 0 Å². The van der Waals surface area contributed by atoms with Gasteiger partial charge in [0.05, 0.1) is 29.5 Å². The summed E-state index contributed by atoms with van der Waals surface area (Å²) < 4.78 is 4.64. The average Bonchev–Trinajstić information content (AvgIpc) is 2.87. The van der Waals surface area contributed by atoms with Crippen LogP contribution >= 0.6 is 11.3 Å². The molecule has 0 saturated carbocycles. The van der Waals surface area contributed by atoms with Gasteiger partial charge in [-0.2, -0.15) is 5.10 Å². The molecule has 0 saturated heterocycles. The number of hydrogen-bond acceptors (Lipinski definition) is 8. The van der Waals surface area contributed by atoms with Crippen molar-refractivity contribution in [3.05, 3.63) is 50.5 Å². The standard InChI is InChI=1S/C13H12N4O4S/c1-8-11(12(18)21-2)22-13(15-8)16-14-7-9-5-3-4-6-10(9)17(19)20/h3-7H,1-2H3,(H,15,16)/b14-7-. The predicted octanol–water partition coefficient (Wildman–Crippen LogP) is 2.59. The van der Waals surface area contributed by atoms with Crippen LogP contribution in [0.2, 0.25) is 0 Å². The number of para-hydroxylation sites is 1. The molecule has 0 spiro atoms. The number of nitro benzene ring substituents is 1. The number of rotatable bonds is 5. The van der Waals surface area contributed by atoms with Gasteiger partial charge in [0.15, 0.2) is 0 Å². The fourth-order valence-electron chi connectivity index (χ4n) is 1.65. The van der Waals surface area contributed by atoms with Gasteiger partial charge in [-0.25, -0.2) is 9.78 Å². The van der Waals surface area contributed by atoms with Gasteiger partial charge in [-0.1, -0.05) is 23.5 Å². The molecule has 0 atom stereocenters. The van der Waals surface area contributed by atoms with E-state index in [-0.39, 0.29) is 5.69 Å². The van der Waals surface area contributed by atoms with Gasteiger partial charge < -0.3 is 4.74 Å². The smallest absolute Gasteiger partial charge is 0.350 e. The molecular weight excluding hydrogens is 308 g/mol. The van der Waals surface area contributed by atoms with Crippen LogP contribution in [-0.4, -0.2) is 29.2 Å². The van der Waals surface area contributed by atoms with E-state index >= 15 is 0 Å². The second kappa shape index (κ2) is 6.76. The third kappa shape index (κ3) is 3.44. The van der Waals surface area contributed by atoms with Gasteiger partial charge in [0.1, 0.15) is 4.88 Å². The van der Waals surface area contributed by atoms with Crippen molar-refractivity contribution in [2.75, 3.05) is 12.5 Å². The fourth-order valence-corrected chi connectivity index (χ4v) is 2.48. The number of nitrogens with one attached hydrogen (secondary N) is 1. The first kappa shape index (κ1) is 15.6. The normalized spacial score (nSPS) is 10.6. The molecule has 0 amide bonds. The number of nitro groups is 1. The van der Waals surface area contributed by atoms with Gasteiger partial charge >= 0.3 is 5.97 Å². The Labute approximate surface area is 129 Å². The van der Waals surface area contributed by atoms with Crippen molar-refractivity contribution in [1.29, 1.82) is 0 Å². The summed E-state index contributed by atoms with van der Waals surface area (Å²) >= 11 is 1.09. The lowest BCUT2D eigenvalue weighted by Crippen LogP contribution is -1.99. The number of hydrazone groups is 1. The van der Waals surface area contributed by atoms with Crippen LogP contribution in [0.4, 0.5) is 10.8 Å². The number of carbonyl (C=O) groups is 1. The lowest BCUT2D eigenvalue weighted by molar-refractivity contribution is -0.385. The number of carbonyl (C=O) groups excluding carboxylic acids is 1. The fraction of sp³-hybridized carbons (Fsp3) is 0.154. The molecule has 0 fully saturated rings. The van der Waals surface area contributed by atoms with Crippen molar-refractivity contribution in [2.45, 2.75) is 6.92 Å². The topological polar surface area (TPSA) is 107 Å². The zero-order chi connectivity index (χ0) is 16.1. The minimum Gasteiger partial charge on any atom is -0.465 e. The van der Waals surface area contributed by atoms with Crippen LogP contribution in [0.1, 0.15) is 20.9 Å². The summed E-state index contributed by atoms with van der Waals surface area (Å²) in [5.41, 5.74) is 3.49. The molecule has 1 N–H and O–H groups in total. The average molecular weight is 320 g/mol. The molecule has 0 aliphatic rings. The Hall–Kier alpha value is -2.81. The van der Waals surface area contributed by atoms with E-state index in [0.717, 1.165) is 11.3 Å². The first-order valence-corrected chi connectivity index (χ1v) is 6.93. The van der Waals surface area contributed by atoms with E-state index in [1.807, 2.05) is 0 Å². The number of methoxy groups -OCH3 is 1. The van der Waals surface area contributed by atoms with Gasteiger partial charge in [0, 0.05) is 6.07 Å². The molecule has 9 heteroatoms. The van der Waals surface area contributed by atoms with Crippen LogP contribution in [0.3, 0.4) is 0 Å². The minimum atomic E-state index is -0.482. The summed E-state index contributed by atoms with van der Waals surface area (Å²) in [6, 6.07) is 6.23. The summed E-state index contributed by atoms with van der Waals surface area (Å²) in [4.78, 5) is 26.4. The molecule has 2 aromatic rings. The molecule has 2 rings (SSSR count). The third-order valence-electron chi connectivity index (χ3n) is 2.66. The van der Waals surface area contributed by atoms with Crippen LogP contribution in [0, 0.1) is 17.0 Å². The van der Waals surface area contributed by atoms with Gasteiger partial charge in [-0.05, 0) is 13.0 Å². The summed E-state index contributed by atoms with van der Waals surface area (Å²) in [7, 11) is 1.29. The summed E-state index contributed by atoms with van der Waals surface area (Å²) in [6.45, 7) is 1.68. The van der Waals surface area contributed by atoms with Crippen LogP contribution in [0.5, 0.6) is 0 Å². The molecular formula is C13H12N4O4S. The molecule has 1 aromatic carbocycles. The highest BCUT2D eigenvalue weighted by atomic mass is 32.1. The number of anilines is 1. The summed E-state index contributed by atoms with van der Waals surface area (Å²) in [6.07, 6.45) is 1.33. The number of esters is 1. The molecule has 1 heterocycles. The second-order valence-electron chi connectivity index (χ2n) is 4.11. The third-order valence-corrected chi connectivity index (χ3v) is 3.71. The van der Waals surface area contributed by atoms with Gasteiger partial charge in [0.2, 0.25) is 5.13 Å². The van der Waals surface area contributed by atoms with Gasteiger partial charge in [-0.15, -0.1) is 0 Å². The van der Waals surface area contributed by atoms with Gasteiger partial charge in [0.25, 0.3) is 5.69 Å². The Balaban J connectivity index is 2.14. The largest absolute Gasteiger partial charge is 0.465 e. The molecule has 1 aromatic heterocycles. The molecule has 8 nitrogen and oxygen atoms in total. The molecule has 22 heavy (non-hydrogen) atoms. The number of thiazole rings is 1. The molecule has 0 bridgehead atoms. The number of aromatic nitrogens is 1. The Bertz CT molecular complexity index is 741. The number of hydrogen-bond donors (Lipinski definition) is 1. The number of aryl methyl sites for hydroxylation is 1. The molecule has 0 aliphatic carbocycles. The second-order valence-corrected chi connectivity index (χ2v) is 5.11. The minimum absolute atomic E-state index is 0.0429. The van der Waals surface area contributed by atoms with Crippen molar-refractivity contribution < 1.29 is 14.5 Å².